The van der Waals surface area contributed by atoms with Crippen LogP contribution in [0, 0.1) is 13.8 Å². The van der Waals surface area contributed by atoms with Crippen molar-refractivity contribution < 1.29 is 0 Å². The molecule has 2 rings (SSSR count). The first kappa shape index (κ1) is 9.52. The Labute approximate surface area is 84.7 Å². The van der Waals surface area contributed by atoms with Crippen LogP contribution in [-0.4, -0.2) is 36.4 Å². The highest BCUT2D eigenvalue weighted by Gasteiger charge is 2.14. The molecule has 0 aliphatic carbocycles. The van der Waals surface area contributed by atoms with Gasteiger partial charge in [-0.3, -0.25) is 5.10 Å². The summed E-state index contributed by atoms with van der Waals surface area (Å²) >= 11 is 0. The van der Waals surface area contributed by atoms with Crippen LogP contribution >= 0.6 is 0 Å². The number of aromatic nitrogens is 2. The summed E-state index contributed by atoms with van der Waals surface area (Å²) in [5.41, 5.74) is 2.46. The molecule has 78 valence electrons. The molecule has 0 aromatic carbocycles. The van der Waals surface area contributed by atoms with E-state index in [0.717, 1.165) is 32.0 Å². The average molecular weight is 194 g/mol. The van der Waals surface area contributed by atoms with Crippen molar-refractivity contribution in [3.63, 3.8) is 0 Å². The topological polar surface area (TPSA) is 44.0 Å². The molecule has 1 aliphatic heterocycles. The maximum Gasteiger partial charge on any atom is 0.153 e. The molecule has 1 aliphatic rings. The monoisotopic (exact) mass is 194 g/mol. The standard InChI is InChI=1S/C10H18N4/c1-8-9(2)12-13-10(8)14-6-3-4-11-5-7-14/h11H,3-7H2,1-2H3,(H,12,13). The average Bonchev–Trinajstić information content (AvgIpc) is 2.47. The highest BCUT2D eigenvalue weighted by molar-refractivity contribution is 5.48. The third-order valence-corrected chi connectivity index (χ3v) is 2.87. The fourth-order valence-electron chi connectivity index (χ4n) is 1.84. The predicted molar refractivity (Wildman–Crippen MR) is 57.8 cm³/mol. The van der Waals surface area contributed by atoms with E-state index in [1.165, 1.54) is 17.7 Å². The maximum atomic E-state index is 4.35. The van der Waals surface area contributed by atoms with Gasteiger partial charge in [0.25, 0.3) is 0 Å². The fraction of sp³-hybridized carbons (Fsp3) is 0.700. The van der Waals surface area contributed by atoms with E-state index in [-0.39, 0.29) is 0 Å². The first-order valence-electron chi connectivity index (χ1n) is 5.26. The van der Waals surface area contributed by atoms with Crippen molar-refractivity contribution in [1.82, 2.24) is 15.5 Å². The first-order chi connectivity index (χ1) is 6.79. The lowest BCUT2D eigenvalue weighted by Crippen LogP contribution is -2.28. The summed E-state index contributed by atoms with van der Waals surface area (Å²) in [7, 11) is 0. The number of H-pyrrole nitrogens is 1. The molecular weight excluding hydrogens is 176 g/mol. The molecule has 1 aromatic rings. The Morgan fingerprint density at radius 2 is 2.07 bits per heavy atom. The lowest BCUT2D eigenvalue weighted by atomic mass is 10.2. The quantitative estimate of drug-likeness (QED) is 0.696. The molecule has 0 spiro atoms. The molecule has 0 saturated carbocycles. The molecule has 1 aromatic heterocycles. The number of anilines is 1. The van der Waals surface area contributed by atoms with E-state index in [9.17, 15) is 0 Å². The summed E-state index contributed by atoms with van der Waals surface area (Å²) in [5.74, 6) is 1.13. The molecule has 0 bridgehead atoms. The fourth-order valence-corrected chi connectivity index (χ4v) is 1.84. The largest absolute Gasteiger partial charge is 0.354 e. The molecule has 0 amide bonds. The highest BCUT2D eigenvalue weighted by Crippen LogP contribution is 2.19. The minimum atomic E-state index is 1.06. The summed E-state index contributed by atoms with van der Waals surface area (Å²) in [6.07, 6.45) is 1.20. The molecule has 0 atom stereocenters. The summed E-state index contributed by atoms with van der Waals surface area (Å²) in [6.45, 7) is 8.56. The van der Waals surface area contributed by atoms with Gasteiger partial charge in [0.2, 0.25) is 0 Å². The maximum absolute atomic E-state index is 4.35. The van der Waals surface area contributed by atoms with Gasteiger partial charge in [-0.25, -0.2) is 0 Å². The lowest BCUT2D eigenvalue weighted by molar-refractivity contribution is 0.724. The Balaban J connectivity index is 2.16. The van der Waals surface area contributed by atoms with Crippen LogP contribution in [-0.2, 0) is 0 Å². The number of nitrogens with zero attached hydrogens (tertiary/aromatic N) is 2. The molecule has 2 heterocycles. The predicted octanol–water partition coefficient (Wildman–Crippen LogP) is 0.826. The summed E-state index contributed by atoms with van der Waals surface area (Å²) in [4.78, 5) is 2.36. The molecule has 0 radical (unpaired) electrons. The van der Waals surface area contributed by atoms with Crippen LogP contribution in [0.15, 0.2) is 0 Å². The number of aryl methyl sites for hydroxylation is 1. The summed E-state index contributed by atoms with van der Waals surface area (Å²) in [6, 6.07) is 0. The van der Waals surface area contributed by atoms with Crippen LogP contribution in [0.1, 0.15) is 17.7 Å². The lowest BCUT2D eigenvalue weighted by Gasteiger charge is -2.20. The van der Waals surface area contributed by atoms with Crippen LogP contribution in [0.5, 0.6) is 0 Å². The molecule has 2 N–H and O–H groups in total. The number of rotatable bonds is 1. The van der Waals surface area contributed by atoms with Gasteiger partial charge in [0.1, 0.15) is 0 Å². The zero-order valence-corrected chi connectivity index (χ0v) is 8.93. The summed E-state index contributed by atoms with van der Waals surface area (Å²) in [5, 5.41) is 10.8. The van der Waals surface area contributed by atoms with Crippen molar-refractivity contribution >= 4 is 5.82 Å². The van der Waals surface area contributed by atoms with E-state index in [1.54, 1.807) is 0 Å². The van der Waals surface area contributed by atoms with Crippen molar-refractivity contribution in [2.75, 3.05) is 31.1 Å². The number of hydrogen-bond donors (Lipinski definition) is 2. The number of aromatic amines is 1. The van der Waals surface area contributed by atoms with Crippen molar-refractivity contribution in [1.29, 1.82) is 0 Å². The van der Waals surface area contributed by atoms with Crippen LogP contribution in [0.2, 0.25) is 0 Å². The van der Waals surface area contributed by atoms with Crippen molar-refractivity contribution in [3.05, 3.63) is 11.3 Å². The molecule has 0 unspecified atom stereocenters. The molecule has 4 heteroatoms. The Bertz CT molecular complexity index is 297. The molecule has 1 fully saturated rings. The SMILES string of the molecule is Cc1[nH]nc(N2CCCNCC2)c1C. The van der Waals surface area contributed by atoms with Gasteiger partial charge in [0.05, 0.1) is 0 Å². The summed E-state index contributed by atoms with van der Waals surface area (Å²) < 4.78 is 0. The van der Waals surface area contributed by atoms with E-state index in [1.807, 2.05) is 0 Å². The zero-order chi connectivity index (χ0) is 9.97. The van der Waals surface area contributed by atoms with Crippen molar-refractivity contribution in [2.45, 2.75) is 20.3 Å². The number of nitrogens with one attached hydrogen (secondary N) is 2. The second-order valence-electron chi connectivity index (χ2n) is 3.89. The van der Waals surface area contributed by atoms with Gasteiger partial charge in [-0.1, -0.05) is 0 Å². The third-order valence-electron chi connectivity index (χ3n) is 2.87. The van der Waals surface area contributed by atoms with Gasteiger partial charge in [-0.05, 0) is 26.8 Å². The third kappa shape index (κ3) is 1.75. The first-order valence-corrected chi connectivity index (χ1v) is 5.26. The molecular formula is C10H18N4. The Morgan fingerprint density at radius 1 is 1.21 bits per heavy atom. The van der Waals surface area contributed by atoms with E-state index in [2.05, 4.69) is 34.3 Å². The van der Waals surface area contributed by atoms with Crippen molar-refractivity contribution in [2.24, 2.45) is 0 Å². The van der Waals surface area contributed by atoms with Gasteiger partial charge in [0.15, 0.2) is 5.82 Å². The minimum Gasteiger partial charge on any atom is -0.354 e. The van der Waals surface area contributed by atoms with Gasteiger partial charge in [0, 0.05) is 30.9 Å². The van der Waals surface area contributed by atoms with Crippen molar-refractivity contribution in [3.8, 4) is 0 Å². The normalized spacial score (nSPS) is 18.3. The second-order valence-corrected chi connectivity index (χ2v) is 3.89. The van der Waals surface area contributed by atoms with E-state index in [0.29, 0.717) is 0 Å². The van der Waals surface area contributed by atoms with Crippen LogP contribution in [0.25, 0.3) is 0 Å². The van der Waals surface area contributed by atoms with Gasteiger partial charge in [-0.15, -0.1) is 0 Å². The zero-order valence-electron chi connectivity index (χ0n) is 8.93. The van der Waals surface area contributed by atoms with Gasteiger partial charge >= 0.3 is 0 Å². The number of hydrogen-bond acceptors (Lipinski definition) is 3. The molecule has 1 saturated heterocycles. The Hall–Kier alpha value is -1.03. The highest BCUT2D eigenvalue weighted by atomic mass is 15.3. The van der Waals surface area contributed by atoms with E-state index < -0.39 is 0 Å². The Kier molecular flexibility index (Phi) is 2.72. The van der Waals surface area contributed by atoms with E-state index >= 15 is 0 Å². The minimum absolute atomic E-state index is 1.06. The van der Waals surface area contributed by atoms with Crippen LogP contribution in [0.4, 0.5) is 5.82 Å². The van der Waals surface area contributed by atoms with E-state index in [4.69, 9.17) is 0 Å². The van der Waals surface area contributed by atoms with Gasteiger partial charge in [-0.2, -0.15) is 5.10 Å². The van der Waals surface area contributed by atoms with Crippen LogP contribution < -0.4 is 10.2 Å². The Morgan fingerprint density at radius 3 is 2.79 bits per heavy atom. The van der Waals surface area contributed by atoms with Gasteiger partial charge < -0.3 is 10.2 Å². The molecule has 14 heavy (non-hydrogen) atoms. The smallest absolute Gasteiger partial charge is 0.153 e. The second kappa shape index (κ2) is 4.00. The van der Waals surface area contributed by atoms with Crippen LogP contribution in [0.3, 0.4) is 0 Å². The molecule has 4 nitrogen and oxygen atoms in total.